The van der Waals surface area contributed by atoms with Crippen LogP contribution in [0.3, 0.4) is 0 Å². The summed E-state index contributed by atoms with van der Waals surface area (Å²) >= 11 is 0. The number of carbonyl (C=O) groups excluding carboxylic acids is 2. The number of benzene rings is 1. The van der Waals surface area contributed by atoms with Crippen molar-refractivity contribution in [2.45, 2.75) is 31.3 Å². The predicted molar refractivity (Wildman–Crippen MR) is 85.6 cm³/mol. The molecule has 0 bridgehead atoms. The highest BCUT2D eigenvalue weighted by atomic mass is 16.5. The molecule has 3 saturated heterocycles. The summed E-state index contributed by atoms with van der Waals surface area (Å²) in [5, 5.41) is 0. The molecule has 1 aromatic rings. The van der Waals surface area contributed by atoms with Crippen molar-refractivity contribution < 1.29 is 14.3 Å². The first kappa shape index (κ1) is 14.4. The van der Waals surface area contributed by atoms with Crippen LogP contribution in [0.15, 0.2) is 24.3 Å². The summed E-state index contributed by atoms with van der Waals surface area (Å²) in [6.07, 6.45) is 2.56. The Kier molecular flexibility index (Phi) is 3.39. The van der Waals surface area contributed by atoms with E-state index in [2.05, 4.69) is 4.90 Å². The number of imide groups is 1. The van der Waals surface area contributed by atoms with Crippen molar-refractivity contribution in [3.05, 3.63) is 24.3 Å². The number of nitrogens with zero attached hydrogens (tertiary/aromatic N) is 3. The third kappa shape index (κ3) is 2.16. The average molecular weight is 315 g/mol. The Labute approximate surface area is 135 Å². The number of methoxy groups -OCH3 is 1. The molecule has 23 heavy (non-hydrogen) atoms. The lowest BCUT2D eigenvalue weighted by Crippen LogP contribution is -2.43. The Morgan fingerprint density at radius 2 is 1.96 bits per heavy atom. The number of rotatable bonds is 3. The maximum atomic E-state index is 12.6. The lowest BCUT2D eigenvalue weighted by molar-refractivity contribution is -0.129. The number of anilines is 1. The largest absolute Gasteiger partial charge is 0.495 e. The minimum atomic E-state index is -0.206. The van der Waals surface area contributed by atoms with Crippen LogP contribution in [0.4, 0.5) is 10.5 Å². The summed E-state index contributed by atoms with van der Waals surface area (Å²) in [6.45, 7) is 2.22. The first-order chi connectivity index (χ1) is 11.2. The standard InChI is InChI=1S/C17H21N3O3/c1-23-15-7-3-2-5-13(15)18-10-8-12(11-18)20-16(21)14-6-4-9-19(14)17(20)22/h2-3,5,7,12,14H,4,6,8-11H2,1H3. The van der Waals surface area contributed by atoms with Crippen molar-refractivity contribution in [1.82, 2.24) is 9.80 Å². The number of ether oxygens (including phenoxy) is 1. The van der Waals surface area contributed by atoms with Crippen LogP contribution in [-0.2, 0) is 4.79 Å². The lowest BCUT2D eigenvalue weighted by atomic mass is 10.2. The first-order valence-electron chi connectivity index (χ1n) is 8.22. The molecule has 1 aromatic carbocycles. The third-order valence-corrected chi connectivity index (χ3v) is 5.18. The van der Waals surface area contributed by atoms with Crippen LogP contribution in [0, 0.1) is 0 Å². The third-order valence-electron chi connectivity index (χ3n) is 5.18. The zero-order valence-electron chi connectivity index (χ0n) is 13.3. The van der Waals surface area contributed by atoms with Crippen LogP contribution < -0.4 is 9.64 Å². The minimum Gasteiger partial charge on any atom is -0.495 e. The highest BCUT2D eigenvalue weighted by Crippen LogP contribution is 2.34. The van der Waals surface area contributed by atoms with Gasteiger partial charge in [0.2, 0.25) is 0 Å². The summed E-state index contributed by atoms with van der Waals surface area (Å²) in [4.78, 5) is 30.6. The second kappa shape index (κ2) is 5.44. The van der Waals surface area contributed by atoms with E-state index in [0.29, 0.717) is 13.1 Å². The lowest BCUT2D eigenvalue weighted by Gasteiger charge is -2.24. The molecule has 3 heterocycles. The second-order valence-corrected chi connectivity index (χ2v) is 6.40. The molecule has 3 amide bonds. The fourth-order valence-corrected chi connectivity index (χ4v) is 4.04. The Morgan fingerprint density at radius 3 is 2.74 bits per heavy atom. The number of amides is 3. The zero-order valence-corrected chi connectivity index (χ0v) is 13.3. The molecule has 0 aliphatic carbocycles. The van der Waals surface area contributed by atoms with E-state index in [0.717, 1.165) is 37.2 Å². The van der Waals surface area contributed by atoms with E-state index < -0.39 is 0 Å². The molecule has 6 nitrogen and oxygen atoms in total. The summed E-state index contributed by atoms with van der Waals surface area (Å²) in [6, 6.07) is 7.54. The van der Waals surface area contributed by atoms with Gasteiger partial charge in [0.25, 0.3) is 5.91 Å². The molecule has 0 aromatic heterocycles. The molecule has 3 aliphatic heterocycles. The Morgan fingerprint density at radius 1 is 1.13 bits per heavy atom. The molecular formula is C17H21N3O3. The molecule has 0 N–H and O–H groups in total. The molecule has 0 saturated carbocycles. The molecule has 3 fully saturated rings. The molecule has 2 unspecified atom stereocenters. The van der Waals surface area contributed by atoms with E-state index in [-0.39, 0.29) is 24.0 Å². The summed E-state index contributed by atoms with van der Waals surface area (Å²) < 4.78 is 5.42. The predicted octanol–water partition coefficient (Wildman–Crippen LogP) is 1.70. The minimum absolute atomic E-state index is 0.000577. The second-order valence-electron chi connectivity index (χ2n) is 6.40. The van der Waals surface area contributed by atoms with Gasteiger partial charge in [-0.15, -0.1) is 0 Å². The molecule has 0 radical (unpaired) electrons. The molecule has 6 heteroatoms. The number of fused-ring (bicyclic) bond motifs is 1. The SMILES string of the molecule is COc1ccccc1N1CCC(N2C(=O)C3CCCN3C2=O)C1. The molecule has 3 aliphatic rings. The normalized spacial score (nSPS) is 27.1. The van der Waals surface area contributed by atoms with E-state index in [1.165, 1.54) is 4.90 Å². The molecule has 2 atom stereocenters. The van der Waals surface area contributed by atoms with Crippen LogP contribution in [0.2, 0.25) is 0 Å². The topological polar surface area (TPSA) is 53.1 Å². The fraction of sp³-hybridized carbons (Fsp3) is 0.529. The van der Waals surface area contributed by atoms with Gasteiger partial charge in [-0.25, -0.2) is 4.79 Å². The van der Waals surface area contributed by atoms with Gasteiger partial charge in [0, 0.05) is 19.6 Å². The maximum Gasteiger partial charge on any atom is 0.327 e. The van der Waals surface area contributed by atoms with Crippen molar-refractivity contribution in [3.63, 3.8) is 0 Å². The van der Waals surface area contributed by atoms with Gasteiger partial charge in [-0.3, -0.25) is 9.69 Å². The van der Waals surface area contributed by atoms with Gasteiger partial charge in [0.15, 0.2) is 0 Å². The van der Waals surface area contributed by atoms with Crippen LogP contribution >= 0.6 is 0 Å². The highest BCUT2D eigenvalue weighted by molar-refractivity contribution is 6.05. The Bertz CT molecular complexity index is 626. The summed E-state index contributed by atoms with van der Waals surface area (Å²) in [5.41, 5.74) is 1.03. The van der Waals surface area contributed by atoms with Gasteiger partial charge < -0.3 is 14.5 Å². The molecular weight excluding hydrogens is 294 g/mol. The Hall–Kier alpha value is -2.24. The number of hydrogen-bond acceptors (Lipinski definition) is 4. The van der Waals surface area contributed by atoms with E-state index in [4.69, 9.17) is 4.74 Å². The van der Waals surface area contributed by atoms with Gasteiger partial charge in [-0.05, 0) is 31.4 Å². The first-order valence-corrected chi connectivity index (χ1v) is 8.22. The zero-order chi connectivity index (χ0) is 16.0. The molecule has 0 spiro atoms. The van der Waals surface area contributed by atoms with Crippen molar-refractivity contribution in [3.8, 4) is 5.75 Å². The van der Waals surface area contributed by atoms with Crippen LogP contribution in [0.5, 0.6) is 5.75 Å². The van der Waals surface area contributed by atoms with Gasteiger partial charge in [0.1, 0.15) is 11.8 Å². The van der Waals surface area contributed by atoms with Gasteiger partial charge >= 0.3 is 6.03 Å². The number of hydrogen-bond donors (Lipinski definition) is 0. The monoisotopic (exact) mass is 315 g/mol. The van der Waals surface area contributed by atoms with Gasteiger partial charge in [-0.2, -0.15) is 0 Å². The van der Waals surface area contributed by atoms with E-state index >= 15 is 0 Å². The molecule has 4 rings (SSSR count). The van der Waals surface area contributed by atoms with Crippen molar-refractivity contribution in [2.75, 3.05) is 31.6 Å². The summed E-state index contributed by atoms with van der Waals surface area (Å²) in [7, 11) is 1.66. The van der Waals surface area contributed by atoms with E-state index in [1.807, 2.05) is 24.3 Å². The quantitative estimate of drug-likeness (QED) is 0.797. The fourth-order valence-electron chi connectivity index (χ4n) is 4.04. The van der Waals surface area contributed by atoms with Crippen LogP contribution in [0.25, 0.3) is 0 Å². The van der Waals surface area contributed by atoms with E-state index in [9.17, 15) is 9.59 Å². The summed E-state index contributed by atoms with van der Waals surface area (Å²) in [5.74, 6) is 0.826. The number of urea groups is 1. The van der Waals surface area contributed by atoms with Crippen molar-refractivity contribution in [2.24, 2.45) is 0 Å². The highest BCUT2D eigenvalue weighted by Gasteiger charge is 2.50. The smallest absolute Gasteiger partial charge is 0.327 e. The van der Waals surface area contributed by atoms with Gasteiger partial charge in [0.05, 0.1) is 18.8 Å². The number of carbonyl (C=O) groups is 2. The number of para-hydroxylation sites is 2. The van der Waals surface area contributed by atoms with Crippen molar-refractivity contribution >= 4 is 17.6 Å². The van der Waals surface area contributed by atoms with Crippen molar-refractivity contribution in [1.29, 1.82) is 0 Å². The van der Waals surface area contributed by atoms with Crippen LogP contribution in [-0.4, -0.2) is 60.6 Å². The van der Waals surface area contributed by atoms with Gasteiger partial charge in [-0.1, -0.05) is 12.1 Å². The maximum absolute atomic E-state index is 12.6. The Balaban J connectivity index is 1.53. The van der Waals surface area contributed by atoms with Crippen LogP contribution in [0.1, 0.15) is 19.3 Å². The molecule has 122 valence electrons. The average Bonchev–Trinajstić information content (AvgIpc) is 3.27. The van der Waals surface area contributed by atoms with E-state index in [1.54, 1.807) is 12.0 Å².